The van der Waals surface area contributed by atoms with E-state index in [9.17, 15) is 10.1 Å². The molecule has 2 aliphatic rings. The molecule has 0 saturated carbocycles. The van der Waals surface area contributed by atoms with Crippen LogP contribution in [0.25, 0.3) is 0 Å². The van der Waals surface area contributed by atoms with Gasteiger partial charge in [0.05, 0.1) is 11.6 Å². The van der Waals surface area contributed by atoms with Gasteiger partial charge in [0.1, 0.15) is 0 Å². The van der Waals surface area contributed by atoms with Gasteiger partial charge in [-0.25, -0.2) is 0 Å². The molecule has 0 aromatic heterocycles. The number of carbonyl (C=O) groups excluding carboxylic acids is 1. The van der Waals surface area contributed by atoms with Crippen LogP contribution in [0.15, 0.2) is 41.6 Å². The largest absolute Gasteiger partial charge is 0.315 e. The molecule has 90 valence electrons. The van der Waals surface area contributed by atoms with Gasteiger partial charge >= 0.3 is 0 Å². The van der Waals surface area contributed by atoms with Gasteiger partial charge in [0.25, 0.3) is 0 Å². The zero-order chi connectivity index (χ0) is 12.5. The summed E-state index contributed by atoms with van der Waals surface area (Å²) < 4.78 is 0. The third kappa shape index (κ3) is 1.62. The molecule has 1 aromatic carbocycles. The standard InChI is InChI=1S/C15H14N2O/c16-10-13-12(11-5-2-1-3-6-11)9-15(18)17-8-4-7-14(13)17/h1-3,5-6,12H,4,7-9H2. The van der Waals surface area contributed by atoms with Crippen molar-refractivity contribution in [1.82, 2.24) is 4.90 Å². The first-order valence-corrected chi connectivity index (χ1v) is 6.29. The Hall–Kier alpha value is -2.08. The Morgan fingerprint density at radius 1 is 1.28 bits per heavy atom. The van der Waals surface area contributed by atoms with Gasteiger partial charge in [-0.2, -0.15) is 5.26 Å². The van der Waals surface area contributed by atoms with Crippen LogP contribution >= 0.6 is 0 Å². The zero-order valence-corrected chi connectivity index (χ0v) is 10.1. The Morgan fingerprint density at radius 2 is 2.06 bits per heavy atom. The molecule has 18 heavy (non-hydrogen) atoms. The Balaban J connectivity index is 2.08. The molecule has 2 heterocycles. The Labute approximate surface area is 106 Å². The quantitative estimate of drug-likeness (QED) is 0.754. The van der Waals surface area contributed by atoms with Crippen molar-refractivity contribution in [1.29, 1.82) is 5.26 Å². The Bertz CT molecular complexity index is 554. The fourth-order valence-electron chi connectivity index (χ4n) is 2.93. The molecule has 3 rings (SSSR count). The number of fused-ring (bicyclic) bond motifs is 1. The number of rotatable bonds is 1. The summed E-state index contributed by atoms with van der Waals surface area (Å²) >= 11 is 0. The number of carbonyl (C=O) groups is 1. The van der Waals surface area contributed by atoms with Crippen LogP contribution in [0, 0.1) is 11.3 Å². The zero-order valence-electron chi connectivity index (χ0n) is 10.1. The van der Waals surface area contributed by atoms with Gasteiger partial charge in [-0.3, -0.25) is 4.79 Å². The minimum Gasteiger partial charge on any atom is -0.315 e. The van der Waals surface area contributed by atoms with Gasteiger partial charge in [0.15, 0.2) is 0 Å². The lowest BCUT2D eigenvalue weighted by atomic mass is 9.84. The highest BCUT2D eigenvalue weighted by Gasteiger charge is 2.36. The lowest BCUT2D eigenvalue weighted by Gasteiger charge is -2.30. The Morgan fingerprint density at radius 3 is 2.78 bits per heavy atom. The summed E-state index contributed by atoms with van der Waals surface area (Å²) in [6, 6.07) is 12.2. The Kier molecular flexibility index (Phi) is 2.64. The molecule has 0 bridgehead atoms. The van der Waals surface area contributed by atoms with Crippen molar-refractivity contribution < 1.29 is 4.79 Å². The molecule has 0 N–H and O–H groups in total. The molecule has 1 aromatic rings. The van der Waals surface area contributed by atoms with E-state index in [1.165, 1.54) is 0 Å². The smallest absolute Gasteiger partial charge is 0.227 e. The van der Waals surface area contributed by atoms with Crippen molar-refractivity contribution in [2.24, 2.45) is 0 Å². The van der Waals surface area contributed by atoms with Crippen LogP contribution in [0.4, 0.5) is 0 Å². The van der Waals surface area contributed by atoms with E-state index in [1.54, 1.807) is 4.90 Å². The number of hydrogen-bond acceptors (Lipinski definition) is 2. The van der Waals surface area contributed by atoms with E-state index in [-0.39, 0.29) is 11.8 Å². The van der Waals surface area contributed by atoms with E-state index >= 15 is 0 Å². The number of hydrogen-bond donors (Lipinski definition) is 0. The fraction of sp³-hybridized carbons (Fsp3) is 0.333. The molecule has 3 heteroatoms. The molecule has 0 aliphatic carbocycles. The molecule has 1 saturated heterocycles. The second kappa shape index (κ2) is 4.30. The summed E-state index contributed by atoms with van der Waals surface area (Å²) in [4.78, 5) is 13.9. The highest BCUT2D eigenvalue weighted by atomic mass is 16.2. The molecule has 0 spiro atoms. The van der Waals surface area contributed by atoms with E-state index in [2.05, 4.69) is 6.07 Å². The summed E-state index contributed by atoms with van der Waals surface area (Å²) in [5, 5.41) is 9.41. The number of amides is 1. The van der Waals surface area contributed by atoms with Crippen LogP contribution in [0.2, 0.25) is 0 Å². The topological polar surface area (TPSA) is 44.1 Å². The number of benzene rings is 1. The van der Waals surface area contributed by atoms with Crippen LogP contribution in [-0.2, 0) is 4.79 Å². The normalized spacial score (nSPS) is 22.9. The van der Waals surface area contributed by atoms with Gasteiger partial charge in [-0.1, -0.05) is 30.3 Å². The minimum atomic E-state index is -0.0481. The molecular formula is C15H14N2O. The van der Waals surface area contributed by atoms with Crippen LogP contribution in [0.3, 0.4) is 0 Å². The average Bonchev–Trinajstić information content (AvgIpc) is 2.89. The average molecular weight is 238 g/mol. The maximum Gasteiger partial charge on any atom is 0.227 e. The lowest BCUT2D eigenvalue weighted by Crippen LogP contribution is -2.33. The summed E-state index contributed by atoms with van der Waals surface area (Å²) in [7, 11) is 0. The van der Waals surface area contributed by atoms with Crippen LogP contribution in [0.5, 0.6) is 0 Å². The van der Waals surface area contributed by atoms with Crippen molar-refractivity contribution in [2.45, 2.75) is 25.2 Å². The van der Waals surface area contributed by atoms with Gasteiger partial charge in [-0.05, 0) is 18.4 Å². The lowest BCUT2D eigenvalue weighted by molar-refractivity contribution is -0.129. The summed E-state index contributed by atoms with van der Waals surface area (Å²) in [5.74, 6) is 0.114. The van der Waals surface area contributed by atoms with Gasteiger partial charge in [-0.15, -0.1) is 0 Å². The monoisotopic (exact) mass is 238 g/mol. The highest BCUT2D eigenvalue weighted by molar-refractivity contribution is 5.82. The molecule has 3 nitrogen and oxygen atoms in total. The van der Waals surface area contributed by atoms with Crippen molar-refractivity contribution in [3.05, 3.63) is 47.2 Å². The summed E-state index contributed by atoms with van der Waals surface area (Å²) in [6.45, 7) is 0.779. The van der Waals surface area contributed by atoms with Crippen molar-refractivity contribution in [3.8, 4) is 6.07 Å². The van der Waals surface area contributed by atoms with Crippen LogP contribution in [-0.4, -0.2) is 17.4 Å². The third-order valence-corrected chi connectivity index (χ3v) is 3.78. The third-order valence-electron chi connectivity index (χ3n) is 3.78. The van der Waals surface area contributed by atoms with Crippen molar-refractivity contribution in [2.75, 3.05) is 6.54 Å². The second-order valence-corrected chi connectivity index (χ2v) is 4.79. The van der Waals surface area contributed by atoms with E-state index < -0.39 is 0 Å². The van der Waals surface area contributed by atoms with Crippen molar-refractivity contribution in [3.63, 3.8) is 0 Å². The SMILES string of the molecule is N#CC1=C2CCCN2C(=O)CC1c1ccccc1. The van der Waals surface area contributed by atoms with Gasteiger partial charge in [0, 0.05) is 24.6 Å². The van der Waals surface area contributed by atoms with E-state index in [0.29, 0.717) is 6.42 Å². The molecule has 0 radical (unpaired) electrons. The fourth-order valence-corrected chi connectivity index (χ4v) is 2.93. The predicted molar refractivity (Wildman–Crippen MR) is 67.4 cm³/mol. The van der Waals surface area contributed by atoms with E-state index in [0.717, 1.165) is 36.2 Å². The maximum absolute atomic E-state index is 12.1. The predicted octanol–water partition coefficient (Wildman–Crippen LogP) is 2.57. The summed E-state index contributed by atoms with van der Waals surface area (Å²) in [5.41, 5.74) is 2.82. The van der Waals surface area contributed by atoms with Gasteiger partial charge in [0.2, 0.25) is 5.91 Å². The molecular weight excluding hydrogens is 224 g/mol. The highest BCUT2D eigenvalue weighted by Crippen LogP contribution is 2.39. The first kappa shape index (κ1) is 11.0. The first-order chi connectivity index (χ1) is 8.81. The second-order valence-electron chi connectivity index (χ2n) is 4.79. The minimum absolute atomic E-state index is 0.0481. The maximum atomic E-state index is 12.1. The van der Waals surface area contributed by atoms with Crippen LogP contribution < -0.4 is 0 Å². The molecule has 1 amide bonds. The number of nitrogens with zero attached hydrogens (tertiary/aromatic N) is 2. The molecule has 1 fully saturated rings. The molecule has 2 aliphatic heterocycles. The van der Waals surface area contributed by atoms with E-state index in [1.807, 2.05) is 30.3 Å². The van der Waals surface area contributed by atoms with Gasteiger partial charge < -0.3 is 4.90 Å². The van der Waals surface area contributed by atoms with Crippen molar-refractivity contribution >= 4 is 5.91 Å². The van der Waals surface area contributed by atoms with Crippen LogP contribution in [0.1, 0.15) is 30.7 Å². The summed E-state index contributed by atoms with van der Waals surface area (Å²) in [6.07, 6.45) is 2.27. The molecule has 1 atom stereocenters. The first-order valence-electron chi connectivity index (χ1n) is 6.29. The molecule has 1 unspecified atom stereocenters. The number of allylic oxidation sites excluding steroid dienone is 2. The van der Waals surface area contributed by atoms with E-state index in [4.69, 9.17) is 0 Å². The number of nitriles is 1.